The molecule has 1 aromatic carbocycles. The Morgan fingerprint density at radius 3 is 2.48 bits per heavy atom. The quantitative estimate of drug-likeness (QED) is 0.896. The Kier molecular flexibility index (Phi) is 5.42. The lowest BCUT2D eigenvalue weighted by molar-refractivity contribution is 0.0581. The lowest BCUT2D eigenvalue weighted by Gasteiger charge is -2.44. The van der Waals surface area contributed by atoms with Crippen LogP contribution in [-0.4, -0.2) is 65.7 Å². The smallest absolute Gasteiger partial charge is 0.317 e. The molecule has 1 N–H and O–H groups in total. The minimum atomic E-state index is -0.181. The number of methoxy groups -OCH3 is 1. The van der Waals surface area contributed by atoms with E-state index in [1.165, 1.54) is 0 Å². The van der Waals surface area contributed by atoms with Gasteiger partial charge in [-0.15, -0.1) is 11.8 Å². The van der Waals surface area contributed by atoms with E-state index in [9.17, 15) is 9.59 Å². The van der Waals surface area contributed by atoms with Crippen molar-refractivity contribution >= 4 is 23.7 Å². The van der Waals surface area contributed by atoms with Crippen molar-refractivity contribution in [2.24, 2.45) is 0 Å². The van der Waals surface area contributed by atoms with Crippen molar-refractivity contribution in [3.8, 4) is 5.75 Å². The maximum absolute atomic E-state index is 13.0. The van der Waals surface area contributed by atoms with Crippen LogP contribution in [0.4, 0.5) is 4.79 Å². The summed E-state index contributed by atoms with van der Waals surface area (Å²) in [6.45, 7) is 4.69. The number of rotatable bonds is 3. The maximum Gasteiger partial charge on any atom is 0.317 e. The van der Waals surface area contributed by atoms with Crippen molar-refractivity contribution < 1.29 is 14.3 Å². The highest BCUT2D eigenvalue weighted by atomic mass is 32.2. The second-order valence-electron chi connectivity index (χ2n) is 6.30. The average Bonchev–Trinajstić information content (AvgIpc) is 3.05. The Morgan fingerprint density at radius 2 is 1.88 bits per heavy atom. The number of amides is 3. The Morgan fingerprint density at radius 1 is 1.20 bits per heavy atom. The number of hydrogen-bond donors (Lipinski definition) is 1. The predicted molar refractivity (Wildman–Crippen MR) is 99.1 cm³/mol. The summed E-state index contributed by atoms with van der Waals surface area (Å²) in [4.78, 5) is 28.7. The van der Waals surface area contributed by atoms with E-state index < -0.39 is 0 Å². The van der Waals surface area contributed by atoms with Gasteiger partial charge in [-0.05, 0) is 44.0 Å². The van der Waals surface area contributed by atoms with Gasteiger partial charge in [0.1, 0.15) is 5.75 Å². The normalized spacial score (nSPS) is 19.1. The molecule has 3 rings (SSSR count). The number of hydrogen-bond acceptors (Lipinski definition) is 4. The zero-order valence-electron chi connectivity index (χ0n) is 14.8. The van der Waals surface area contributed by atoms with Gasteiger partial charge in [0.25, 0.3) is 5.91 Å². The van der Waals surface area contributed by atoms with Crippen LogP contribution in [0.3, 0.4) is 0 Å². The number of likely N-dealkylation sites (tertiary alicyclic amines) is 1. The minimum absolute atomic E-state index is 0.00613. The number of benzene rings is 1. The number of carbonyl (C=O) groups excluding carboxylic acids is 2. The van der Waals surface area contributed by atoms with Crippen LogP contribution in [0, 0.1) is 0 Å². The van der Waals surface area contributed by atoms with Gasteiger partial charge in [-0.2, -0.15) is 0 Å². The van der Waals surface area contributed by atoms with Crippen molar-refractivity contribution in [1.82, 2.24) is 15.1 Å². The summed E-state index contributed by atoms with van der Waals surface area (Å²) in [6, 6.07) is 7.28. The molecule has 2 heterocycles. The molecule has 0 radical (unpaired) electrons. The van der Waals surface area contributed by atoms with Gasteiger partial charge < -0.3 is 19.9 Å². The van der Waals surface area contributed by atoms with Crippen molar-refractivity contribution in [1.29, 1.82) is 0 Å². The van der Waals surface area contributed by atoms with Crippen molar-refractivity contribution in [3.63, 3.8) is 0 Å². The molecule has 3 amide bonds. The number of nitrogens with zero attached hydrogens (tertiary/aromatic N) is 2. The van der Waals surface area contributed by atoms with E-state index >= 15 is 0 Å². The molecule has 0 saturated carbocycles. The van der Waals surface area contributed by atoms with Gasteiger partial charge in [0.15, 0.2) is 0 Å². The number of ether oxygens (including phenoxy) is 1. The van der Waals surface area contributed by atoms with Crippen LogP contribution in [0.25, 0.3) is 0 Å². The highest BCUT2D eigenvalue weighted by Crippen LogP contribution is 2.44. The summed E-state index contributed by atoms with van der Waals surface area (Å²) in [7, 11) is 1.62. The molecule has 1 aromatic rings. The van der Waals surface area contributed by atoms with Crippen molar-refractivity contribution in [3.05, 3.63) is 29.8 Å². The molecule has 6 nitrogen and oxygen atoms in total. The standard InChI is InChI=1S/C18H25N3O3S/c1-3-19-17(23)20-10-8-18(9-11-20)21(12-13-25-18)16(22)14-4-6-15(24-2)7-5-14/h4-7H,3,8-13H2,1-2H3,(H,19,23). The van der Waals surface area contributed by atoms with Crippen LogP contribution in [0.15, 0.2) is 24.3 Å². The molecule has 25 heavy (non-hydrogen) atoms. The fourth-order valence-electron chi connectivity index (χ4n) is 3.52. The topological polar surface area (TPSA) is 61.9 Å². The Balaban J connectivity index is 1.70. The summed E-state index contributed by atoms with van der Waals surface area (Å²) < 4.78 is 5.17. The SMILES string of the molecule is CCNC(=O)N1CCC2(CC1)SCCN2C(=O)c1ccc(OC)cc1. The van der Waals surface area contributed by atoms with Gasteiger partial charge in [0, 0.05) is 37.5 Å². The van der Waals surface area contributed by atoms with Gasteiger partial charge in [0.2, 0.25) is 0 Å². The zero-order chi connectivity index (χ0) is 17.9. The first kappa shape index (κ1) is 17.9. The molecule has 0 aliphatic carbocycles. The third-order valence-electron chi connectivity index (χ3n) is 4.92. The lowest BCUT2D eigenvalue weighted by Crippen LogP contribution is -2.55. The van der Waals surface area contributed by atoms with Crippen LogP contribution in [-0.2, 0) is 0 Å². The number of piperidine rings is 1. The summed E-state index contributed by atoms with van der Waals surface area (Å²) in [6.07, 6.45) is 1.63. The molecular weight excluding hydrogens is 338 g/mol. The Labute approximate surface area is 152 Å². The second kappa shape index (κ2) is 7.56. The highest BCUT2D eigenvalue weighted by Gasteiger charge is 2.47. The predicted octanol–water partition coefficient (Wildman–Crippen LogP) is 2.41. The van der Waals surface area contributed by atoms with Gasteiger partial charge in [-0.1, -0.05) is 0 Å². The third kappa shape index (κ3) is 3.56. The molecule has 7 heteroatoms. The van der Waals surface area contributed by atoms with Gasteiger partial charge >= 0.3 is 6.03 Å². The fraction of sp³-hybridized carbons (Fsp3) is 0.556. The molecule has 0 atom stereocenters. The first-order valence-corrected chi connectivity index (χ1v) is 9.71. The number of carbonyl (C=O) groups is 2. The Hall–Kier alpha value is -1.89. The van der Waals surface area contributed by atoms with E-state index in [1.807, 2.05) is 52.8 Å². The number of thioether (sulfide) groups is 1. The van der Waals surface area contributed by atoms with Gasteiger partial charge in [-0.3, -0.25) is 4.79 Å². The average molecular weight is 363 g/mol. The number of urea groups is 1. The molecule has 0 unspecified atom stereocenters. The van der Waals surface area contributed by atoms with Gasteiger partial charge in [-0.25, -0.2) is 4.79 Å². The highest BCUT2D eigenvalue weighted by molar-refractivity contribution is 8.00. The molecular formula is C18H25N3O3S. The lowest BCUT2D eigenvalue weighted by atomic mass is 10.0. The van der Waals surface area contributed by atoms with Gasteiger partial charge in [0.05, 0.1) is 12.0 Å². The van der Waals surface area contributed by atoms with E-state index in [0.29, 0.717) is 25.2 Å². The summed E-state index contributed by atoms with van der Waals surface area (Å²) in [5.74, 6) is 1.76. The molecule has 1 spiro atoms. The molecule has 136 valence electrons. The van der Waals surface area contributed by atoms with Crippen LogP contribution < -0.4 is 10.1 Å². The minimum Gasteiger partial charge on any atom is -0.497 e. The zero-order valence-corrected chi connectivity index (χ0v) is 15.6. The van der Waals surface area contributed by atoms with Crippen molar-refractivity contribution in [2.45, 2.75) is 24.6 Å². The van der Waals surface area contributed by atoms with E-state index in [2.05, 4.69) is 5.32 Å². The fourth-order valence-corrected chi connectivity index (χ4v) is 4.98. The third-order valence-corrected chi connectivity index (χ3v) is 6.47. The van der Waals surface area contributed by atoms with E-state index in [4.69, 9.17) is 4.74 Å². The second-order valence-corrected chi connectivity index (χ2v) is 7.76. The first-order chi connectivity index (χ1) is 12.1. The van der Waals surface area contributed by atoms with E-state index in [0.717, 1.165) is 30.9 Å². The maximum atomic E-state index is 13.0. The largest absolute Gasteiger partial charge is 0.497 e. The monoisotopic (exact) mass is 363 g/mol. The molecule has 0 aromatic heterocycles. The van der Waals surface area contributed by atoms with Crippen molar-refractivity contribution in [2.75, 3.05) is 39.0 Å². The van der Waals surface area contributed by atoms with Crippen LogP contribution >= 0.6 is 11.8 Å². The molecule has 2 fully saturated rings. The Bertz CT molecular complexity index is 627. The molecule has 2 saturated heterocycles. The number of nitrogens with one attached hydrogen (secondary N) is 1. The van der Waals surface area contributed by atoms with Crippen LogP contribution in [0.5, 0.6) is 5.75 Å². The summed E-state index contributed by atoms with van der Waals surface area (Å²) in [5, 5.41) is 2.85. The molecule has 2 aliphatic heterocycles. The van der Waals surface area contributed by atoms with Crippen LogP contribution in [0.2, 0.25) is 0 Å². The molecule has 2 aliphatic rings. The molecule has 0 bridgehead atoms. The first-order valence-electron chi connectivity index (χ1n) is 8.72. The van der Waals surface area contributed by atoms with E-state index in [-0.39, 0.29) is 16.8 Å². The summed E-state index contributed by atoms with van der Waals surface area (Å²) in [5.41, 5.74) is 0.689. The van der Waals surface area contributed by atoms with E-state index in [1.54, 1.807) is 7.11 Å². The van der Waals surface area contributed by atoms with Crippen LogP contribution in [0.1, 0.15) is 30.1 Å². The summed E-state index contributed by atoms with van der Waals surface area (Å²) >= 11 is 1.85.